The standard InChI is InChI=1S/C60H117N3O21P2/c1-4-7-10-13-16-19-22-25-30-35-46(65)42-50(66)62-53-56(70)55(69)49(83-59(53)77-40-41-80-86(75,76)79-39-34-29-28-33-38-61)45-78-60-54(57(71)58(48(44-64)82-60)84-85(72,73)74)63-51(67)43-47(36-31-26-23-20-17-14-11-8-5-2)81-52(68)37-32-27-24-21-18-15-12-9-6-3/h46-49,53-60,64-65,69-71H,4-45,61H2,1-3H3,(H,62,66)(H,63,67)(H,75,76)(H2,72,73,74)/t46-,47-,48-,49-,53-,54-,55-,56-,57-,58-,59+,60-/m1/s1. The van der Waals surface area contributed by atoms with Crippen molar-refractivity contribution in [2.45, 2.75) is 325 Å². The average Bonchev–Trinajstić information content (AvgIpc) is 1.14. The van der Waals surface area contributed by atoms with Gasteiger partial charge in [-0.1, -0.05) is 194 Å². The van der Waals surface area contributed by atoms with Crippen LogP contribution in [0.25, 0.3) is 0 Å². The topological polar surface area (TPSA) is 371 Å². The lowest BCUT2D eigenvalue weighted by molar-refractivity contribution is -0.303. The number of unbranched alkanes of at least 4 members (excludes halogenated alkanes) is 27. The molecule has 12 N–H and O–H groups in total. The third-order valence-corrected chi connectivity index (χ3v) is 17.3. The monoisotopic (exact) mass is 1280 g/mol. The van der Waals surface area contributed by atoms with E-state index in [1.807, 2.05) is 0 Å². The average molecular weight is 1280 g/mol. The number of phosphoric ester groups is 2. The smallest absolute Gasteiger partial charge is 0.462 e. The van der Waals surface area contributed by atoms with Crippen LogP contribution in [0.4, 0.5) is 0 Å². The maximum Gasteiger partial charge on any atom is 0.472 e. The largest absolute Gasteiger partial charge is 0.472 e. The molecule has 0 aliphatic carbocycles. The van der Waals surface area contributed by atoms with Gasteiger partial charge in [0.15, 0.2) is 12.6 Å². The maximum absolute atomic E-state index is 14.1. The highest BCUT2D eigenvalue weighted by atomic mass is 31.2. The zero-order valence-electron chi connectivity index (χ0n) is 52.5. The second-order valence-corrected chi connectivity index (χ2v) is 26.2. The van der Waals surface area contributed by atoms with Crippen LogP contribution in [-0.2, 0) is 60.8 Å². The molecule has 508 valence electrons. The maximum atomic E-state index is 14.1. The van der Waals surface area contributed by atoms with Crippen LogP contribution < -0.4 is 16.4 Å². The summed E-state index contributed by atoms with van der Waals surface area (Å²) in [5.74, 6) is -1.93. The fraction of sp³-hybridized carbons (Fsp3) is 0.950. The Morgan fingerprint density at radius 3 is 1.52 bits per heavy atom. The normalized spacial score (nSPS) is 24.0. The first-order valence-electron chi connectivity index (χ1n) is 33.0. The summed E-state index contributed by atoms with van der Waals surface area (Å²) in [4.78, 5) is 70.7. The van der Waals surface area contributed by atoms with Gasteiger partial charge in [0, 0.05) is 6.42 Å². The number of aliphatic hydroxyl groups excluding tert-OH is 5. The molecule has 2 amide bonds. The van der Waals surface area contributed by atoms with E-state index < -0.39 is 133 Å². The molecule has 0 aromatic rings. The fourth-order valence-electron chi connectivity index (χ4n) is 10.8. The summed E-state index contributed by atoms with van der Waals surface area (Å²) in [5.41, 5.74) is 5.53. The van der Waals surface area contributed by atoms with Gasteiger partial charge >= 0.3 is 21.6 Å². The van der Waals surface area contributed by atoms with Gasteiger partial charge in [-0.3, -0.25) is 28.0 Å². The van der Waals surface area contributed by atoms with Gasteiger partial charge in [0.2, 0.25) is 11.8 Å². The van der Waals surface area contributed by atoms with E-state index in [-0.39, 0.29) is 25.9 Å². The molecule has 2 rings (SSSR count). The van der Waals surface area contributed by atoms with E-state index in [0.29, 0.717) is 45.1 Å². The van der Waals surface area contributed by atoms with E-state index in [9.17, 15) is 63.7 Å². The number of rotatable bonds is 55. The highest BCUT2D eigenvalue weighted by molar-refractivity contribution is 7.47. The van der Waals surface area contributed by atoms with Gasteiger partial charge in [0.05, 0.1) is 52.0 Å². The number of phosphoric acid groups is 2. The summed E-state index contributed by atoms with van der Waals surface area (Å²) in [6.45, 7) is 4.28. The summed E-state index contributed by atoms with van der Waals surface area (Å²) < 4.78 is 69.7. The summed E-state index contributed by atoms with van der Waals surface area (Å²) in [5, 5.41) is 61.2. The van der Waals surface area contributed by atoms with Crippen LogP contribution in [0.1, 0.15) is 252 Å². The van der Waals surface area contributed by atoms with Crippen molar-refractivity contribution in [3.05, 3.63) is 0 Å². The lowest BCUT2D eigenvalue weighted by Gasteiger charge is -2.45. The van der Waals surface area contributed by atoms with Crippen LogP contribution in [0, 0.1) is 0 Å². The van der Waals surface area contributed by atoms with Crippen molar-refractivity contribution < 1.29 is 101 Å². The minimum absolute atomic E-state index is 0.0622. The molecule has 13 atom stereocenters. The molecule has 86 heavy (non-hydrogen) atoms. The fourth-order valence-corrected chi connectivity index (χ4v) is 12.1. The van der Waals surface area contributed by atoms with E-state index in [1.54, 1.807) is 0 Å². The molecule has 2 fully saturated rings. The van der Waals surface area contributed by atoms with Crippen molar-refractivity contribution in [3.8, 4) is 0 Å². The van der Waals surface area contributed by atoms with Crippen LogP contribution in [0.5, 0.6) is 0 Å². The zero-order valence-corrected chi connectivity index (χ0v) is 54.3. The summed E-state index contributed by atoms with van der Waals surface area (Å²) in [6.07, 6.45) is 15.2. The molecule has 0 bridgehead atoms. The van der Waals surface area contributed by atoms with Gasteiger partial charge in [0.25, 0.3) is 0 Å². The SMILES string of the molecule is CCCCCCCCCCCC(=O)O[C@H](CCCCCCCCCCC)CC(=O)N[C@H]1[C@H](OC[C@H]2O[C@H](OCCOP(=O)(O)OCCCCCCN)[C@H](NC(=O)C[C@H](O)CCCCCCCCCCC)[C@@H](O)[C@@H]2O)O[C@H](CO)[C@@H](OP(=O)(O)O)[C@@H]1O. The molecule has 24 nitrogen and oxygen atoms in total. The van der Waals surface area contributed by atoms with E-state index >= 15 is 0 Å². The van der Waals surface area contributed by atoms with Crippen molar-refractivity contribution in [2.75, 3.05) is 39.6 Å². The third-order valence-electron chi connectivity index (χ3n) is 15.8. The Bertz CT molecular complexity index is 1830. The molecule has 2 heterocycles. The summed E-state index contributed by atoms with van der Waals surface area (Å²) in [6, 6.07) is -3.19. The predicted octanol–water partition coefficient (Wildman–Crippen LogP) is 8.46. The van der Waals surface area contributed by atoms with Crippen molar-refractivity contribution in [3.63, 3.8) is 0 Å². The number of carbonyl (C=O) groups is 3. The van der Waals surface area contributed by atoms with Crippen molar-refractivity contribution in [1.82, 2.24) is 10.6 Å². The lowest BCUT2D eigenvalue weighted by atomic mass is 9.95. The zero-order chi connectivity index (χ0) is 63.4. The number of aliphatic hydroxyl groups is 5. The van der Waals surface area contributed by atoms with Crippen LogP contribution in [0.2, 0.25) is 0 Å². The quantitative estimate of drug-likeness (QED) is 0.0154. The number of carbonyl (C=O) groups excluding carboxylic acids is 3. The van der Waals surface area contributed by atoms with Gasteiger partial charge in [-0.05, 0) is 45.1 Å². The number of ether oxygens (including phenoxy) is 5. The van der Waals surface area contributed by atoms with E-state index in [1.165, 1.54) is 64.2 Å². The van der Waals surface area contributed by atoms with Gasteiger partial charge in [-0.2, -0.15) is 0 Å². The highest BCUT2D eigenvalue weighted by Crippen LogP contribution is 2.44. The molecular weight excluding hydrogens is 1160 g/mol. The van der Waals surface area contributed by atoms with Gasteiger partial charge < -0.3 is 80.3 Å². The van der Waals surface area contributed by atoms with Crippen molar-refractivity contribution in [2.24, 2.45) is 5.73 Å². The van der Waals surface area contributed by atoms with Crippen LogP contribution >= 0.6 is 15.6 Å². The molecule has 2 aliphatic heterocycles. The second-order valence-electron chi connectivity index (χ2n) is 23.5. The Labute approximate surface area is 514 Å². The third kappa shape index (κ3) is 37.5. The van der Waals surface area contributed by atoms with Crippen molar-refractivity contribution >= 4 is 33.4 Å². The van der Waals surface area contributed by atoms with Gasteiger partial charge in [-0.25, -0.2) is 9.13 Å². The minimum atomic E-state index is -5.37. The first-order chi connectivity index (χ1) is 41.3. The molecule has 0 radical (unpaired) electrons. The predicted molar refractivity (Wildman–Crippen MR) is 325 cm³/mol. The van der Waals surface area contributed by atoms with E-state index in [4.69, 9.17) is 43.0 Å². The molecule has 0 saturated carbocycles. The second kappa shape index (κ2) is 48.9. The molecule has 0 spiro atoms. The molecular formula is C60H117N3O21P2. The molecule has 1 unspecified atom stereocenters. The molecule has 2 aliphatic rings. The number of nitrogens with two attached hydrogens (primary N) is 1. The van der Waals surface area contributed by atoms with Crippen LogP contribution in [0.3, 0.4) is 0 Å². The van der Waals surface area contributed by atoms with Crippen LogP contribution in [-0.4, -0.2) is 171 Å². The summed E-state index contributed by atoms with van der Waals surface area (Å²) >= 11 is 0. The molecule has 0 aromatic heterocycles. The van der Waals surface area contributed by atoms with E-state index in [2.05, 4.69) is 31.4 Å². The summed E-state index contributed by atoms with van der Waals surface area (Å²) in [7, 11) is -9.92. The Hall–Kier alpha value is -1.77. The lowest BCUT2D eigenvalue weighted by Crippen LogP contribution is -2.67. The van der Waals surface area contributed by atoms with Gasteiger partial charge in [0.1, 0.15) is 54.8 Å². The Morgan fingerprint density at radius 1 is 0.535 bits per heavy atom. The highest BCUT2D eigenvalue weighted by Gasteiger charge is 2.51. The van der Waals surface area contributed by atoms with Crippen molar-refractivity contribution in [1.29, 1.82) is 0 Å². The number of hydrogen-bond acceptors (Lipinski definition) is 19. The van der Waals surface area contributed by atoms with Gasteiger partial charge in [-0.15, -0.1) is 0 Å². The number of esters is 1. The van der Waals surface area contributed by atoms with Crippen LogP contribution in [0.15, 0.2) is 0 Å². The Kier molecular flexibility index (Phi) is 45.7. The molecule has 2 saturated heterocycles. The first kappa shape index (κ1) is 80.3. The first-order valence-corrected chi connectivity index (χ1v) is 36.0. The minimum Gasteiger partial charge on any atom is -0.462 e. The molecule has 26 heteroatoms. The van der Waals surface area contributed by atoms with E-state index in [0.717, 1.165) is 109 Å². The Balaban J connectivity index is 2.30. The number of nitrogens with one attached hydrogen (secondary N) is 2. The molecule has 0 aromatic carbocycles. The Morgan fingerprint density at radius 2 is 0.988 bits per heavy atom. The number of hydrogen-bond donors (Lipinski definition) is 11. The number of amides is 2.